The Hall–Kier alpha value is -4.51. The Kier molecular flexibility index (Phi) is 8.72. The summed E-state index contributed by atoms with van der Waals surface area (Å²) in [5.74, 6) is -1.53. The van der Waals surface area contributed by atoms with Gasteiger partial charge in [-0.2, -0.15) is 17.6 Å². The van der Waals surface area contributed by atoms with Crippen LogP contribution in [-0.4, -0.2) is 52.1 Å². The van der Waals surface area contributed by atoms with E-state index in [1.807, 2.05) is 0 Å². The SMILES string of the molecule is O=C(O)/C=C/CNCCOc1ccc(/C(=C(\CC(F)(F)F)c2ccccc2)c2ccc3[nH]nc(F)c3c2)cn1. The molecular formula is C28H24F4N4O3. The van der Waals surface area contributed by atoms with Gasteiger partial charge in [-0.15, -0.1) is 5.10 Å². The molecule has 0 atom stereocenters. The normalized spacial score (nSPS) is 12.6. The fourth-order valence-corrected chi connectivity index (χ4v) is 4.01. The molecule has 0 amide bonds. The van der Waals surface area contributed by atoms with Crippen LogP contribution >= 0.6 is 0 Å². The number of pyridine rings is 1. The molecule has 0 aliphatic heterocycles. The van der Waals surface area contributed by atoms with Crippen molar-refractivity contribution in [1.29, 1.82) is 0 Å². The molecule has 0 bridgehead atoms. The Bertz CT molecular complexity index is 1480. The van der Waals surface area contributed by atoms with Crippen LogP contribution < -0.4 is 10.1 Å². The number of alkyl halides is 3. The van der Waals surface area contributed by atoms with Gasteiger partial charge in [0.05, 0.1) is 17.3 Å². The smallest absolute Gasteiger partial charge is 0.393 e. The molecule has 0 fully saturated rings. The third kappa shape index (κ3) is 7.51. The lowest BCUT2D eigenvalue weighted by molar-refractivity contribution is -0.131. The summed E-state index contributed by atoms with van der Waals surface area (Å²) >= 11 is 0. The summed E-state index contributed by atoms with van der Waals surface area (Å²) in [5.41, 5.74) is 1.83. The summed E-state index contributed by atoms with van der Waals surface area (Å²) < 4.78 is 61.3. The van der Waals surface area contributed by atoms with E-state index in [1.54, 1.807) is 54.6 Å². The zero-order valence-electron chi connectivity index (χ0n) is 20.5. The molecule has 2 aromatic heterocycles. The average Bonchev–Trinajstić information content (AvgIpc) is 3.28. The standard InChI is InChI=1S/C28H24F4N4O3/c29-27-21-15-19(8-10-23(21)35-36-27)26(22(16-28(30,31)32)18-5-2-1-3-6-18)20-9-11-24(34-17-20)39-14-13-33-12-4-7-25(37)38/h1-11,15,17,33H,12-14,16H2,(H,35,36)(H,37,38)/b7-4+,26-22+. The first-order valence-electron chi connectivity index (χ1n) is 11.9. The first kappa shape index (κ1) is 27.5. The molecule has 0 aliphatic rings. The Morgan fingerprint density at radius 3 is 2.51 bits per heavy atom. The highest BCUT2D eigenvalue weighted by Gasteiger charge is 2.31. The van der Waals surface area contributed by atoms with Gasteiger partial charge in [-0.1, -0.05) is 42.5 Å². The maximum atomic E-state index is 14.3. The van der Waals surface area contributed by atoms with E-state index in [-0.39, 0.29) is 29.0 Å². The van der Waals surface area contributed by atoms with E-state index in [0.717, 1.165) is 6.08 Å². The molecule has 0 radical (unpaired) electrons. The van der Waals surface area contributed by atoms with Crippen LogP contribution in [0.1, 0.15) is 23.1 Å². The highest BCUT2D eigenvalue weighted by Crippen LogP contribution is 2.40. The number of rotatable bonds is 11. The van der Waals surface area contributed by atoms with Crippen molar-refractivity contribution in [2.45, 2.75) is 12.6 Å². The number of fused-ring (bicyclic) bond motifs is 1. The maximum Gasteiger partial charge on any atom is 0.393 e. The van der Waals surface area contributed by atoms with E-state index in [4.69, 9.17) is 9.84 Å². The predicted octanol–water partition coefficient (Wildman–Crippen LogP) is 5.62. The highest BCUT2D eigenvalue weighted by atomic mass is 19.4. The molecule has 0 spiro atoms. The second-order valence-electron chi connectivity index (χ2n) is 8.46. The zero-order chi connectivity index (χ0) is 27.8. The zero-order valence-corrected chi connectivity index (χ0v) is 20.5. The molecule has 0 aliphatic carbocycles. The average molecular weight is 541 g/mol. The number of aromatic nitrogens is 3. The van der Waals surface area contributed by atoms with Gasteiger partial charge in [-0.25, -0.2) is 9.78 Å². The molecule has 39 heavy (non-hydrogen) atoms. The molecule has 2 heterocycles. The molecule has 0 saturated heterocycles. The summed E-state index contributed by atoms with van der Waals surface area (Å²) in [4.78, 5) is 14.7. The number of H-pyrrole nitrogens is 1. The van der Waals surface area contributed by atoms with Crippen LogP contribution in [0.4, 0.5) is 17.6 Å². The second-order valence-corrected chi connectivity index (χ2v) is 8.46. The highest BCUT2D eigenvalue weighted by molar-refractivity contribution is 6.00. The summed E-state index contributed by atoms with van der Waals surface area (Å²) in [6.45, 7) is 0.994. The third-order valence-corrected chi connectivity index (χ3v) is 5.68. The van der Waals surface area contributed by atoms with Crippen LogP contribution in [0.3, 0.4) is 0 Å². The van der Waals surface area contributed by atoms with E-state index >= 15 is 0 Å². The van der Waals surface area contributed by atoms with Gasteiger partial charge < -0.3 is 15.2 Å². The molecule has 2 aromatic carbocycles. The molecule has 0 unspecified atom stereocenters. The number of carboxylic acids is 1. The number of aromatic amines is 1. The van der Waals surface area contributed by atoms with Crippen LogP contribution in [0, 0.1) is 5.95 Å². The van der Waals surface area contributed by atoms with Crippen molar-refractivity contribution in [2.24, 2.45) is 0 Å². The lowest BCUT2D eigenvalue weighted by atomic mass is 9.88. The summed E-state index contributed by atoms with van der Waals surface area (Å²) in [5, 5.41) is 17.8. The Labute approximate surface area is 220 Å². The minimum atomic E-state index is -4.51. The van der Waals surface area contributed by atoms with Gasteiger partial charge in [0.2, 0.25) is 11.8 Å². The molecule has 3 N–H and O–H groups in total. The van der Waals surface area contributed by atoms with Crippen molar-refractivity contribution < 1.29 is 32.2 Å². The second kappa shape index (κ2) is 12.4. The minimum absolute atomic E-state index is 0.0143. The number of hydrogen-bond donors (Lipinski definition) is 3. The number of nitrogens with one attached hydrogen (secondary N) is 2. The predicted molar refractivity (Wildman–Crippen MR) is 138 cm³/mol. The fraction of sp³-hybridized carbons (Fsp3) is 0.179. The molecule has 4 aromatic rings. The summed E-state index contributed by atoms with van der Waals surface area (Å²) in [7, 11) is 0. The quantitative estimate of drug-likeness (QED) is 0.0989. The fourth-order valence-electron chi connectivity index (χ4n) is 4.01. The molecular weight excluding hydrogens is 516 g/mol. The first-order valence-corrected chi connectivity index (χ1v) is 11.9. The number of aliphatic carboxylic acids is 1. The van der Waals surface area contributed by atoms with Crippen LogP contribution in [-0.2, 0) is 4.79 Å². The van der Waals surface area contributed by atoms with Gasteiger partial charge in [0.15, 0.2) is 0 Å². The van der Waals surface area contributed by atoms with E-state index < -0.39 is 24.5 Å². The number of carboxylic acid groups (broad SMARTS) is 1. The van der Waals surface area contributed by atoms with Crippen molar-refractivity contribution in [2.75, 3.05) is 19.7 Å². The van der Waals surface area contributed by atoms with E-state index in [0.29, 0.717) is 35.3 Å². The maximum absolute atomic E-state index is 14.3. The number of ether oxygens (including phenoxy) is 1. The molecule has 11 heteroatoms. The van der Waals surface area contributed by atoms with Gasteiger partial charge in [0.25, 0.3) is 0 Å². The number of halogens is 4. The number of benzene rings is 2. The molecule has 7 nitrogen and oxygen atoms in total. The van der Waals surface area contributed by atoms with Crippen LogP contribution in [0.2, 0.25) is 0 Å². The van der Waals surface area contributed by atoms with Gasteiger partial charge in [0.1, 0.15) is 6.61 Å². The third-order valence-electron chi connectivity index (χ3n) is 5.68. The van der Waals surface area contributed by atoms with Crippen LogP contribution in [0.25, 0.3) is 22.0 Å². The monoisotopic (exact) mass is 540 g/mol. The van der Waals surface area contributed by atoms with Crippen molar-refractivity contribution in [3.05, 3.63) is 102 Å². The van der Waals surface area contributed by atoms with Crippen molar-refractivity contribution >= 4 is 28.0 Å². The lowest BCUT2D eigenvalue weighted by Gasteiger charge is -2.19. The van der Waals surface area contributed by atoms with Crippen molar-refractivity contribution in [3.8, 4) is 5.88 Å². The molecule has 202 valence electrons. The van der Waals surface area contributed by atoms with E-state index in [2.05, 4.69) is 20.5 Å². The molecule has 4 rings (SSSR count). The number of nitrogens with zero attached hydrogens (tertiary/aromatic N) is 2. The Morgan fingerprint density at radius 2 is 1.82 bits per heavy atom. The lowest BCUT2D eigenvalue weighted by Crippen LogP contribution is -2.21. The van der Waals surface area contributed by atoms with Crippen LogP contribution in [0.5, 0.6) is 5.88 Å². The van der Waals surface area contributed by atoms with Crippen LogP contribution in [0.15, 0.2) is 79.0 Å². The largest absolute Gasteiger partial charge is 0.478 e. The van der Waals surface area contributed by atoms with Gasteiger partial charge >= 0.3 is 12.1 Å². The first-order chi connectivity index (χ1) is 18.7. The summed E-state index contributed by atoms with van der Waals surface area (Å²) in [6, 6.07) is 16.0. The van der Waals surface area contributed by atoms with Crippen molar-refractivity contribution in [1.82, 2.24) is 20.5 Å². The minimum Gasteiger partial charge on any atom is -0.478 e. The molecule has 0 saturated carbocycles. The number of allylic oxidation sites excluding steroid dienone is 1. The van der Waals surface area contributed by atoms with E-state index in [1.165, 1.54) is 18.3 Å². The Morgan fingerprint density at radius 1 is 1.05 bits per heavy atom. The number of hydrogen-bond acceptors (Lipinski definition) is 5. The Balaban J connectivity index is 1.68. The van der Waals surface area contributed by atoms with E-state index in [9.17, 15) is 22.4 Å². The summed E-state index contributed by atoms with van der Waals surface area (Å²) in [6.07, 6.45) is -1.81. The van der Waals surface area contributed by atoms with Gasteiger partial charge in [-0.05, 0) is 40.5 Å². The number of carbonyl (C=O) groups is 1. The van der Waals surface area contributed by atoms with Gasteiger partial charge in [-0.3, -0.25) is 5.10 Å². The van der Waals surface area contributed by atoms with Crippen molar-refractivity contribution in [3.63, 3.8) is 0 Å². The van der Waals surface area contributed by atoms with Gasteiger partial charge in [0, 0.05) is 37.0 Å². The topological polar surface area (TPSA) is 100 Å².